The smallest absolute Gasteiger partial charge is 0.252 e. The highest BCUT2D eigenvalue weighted by Crippen LogP contribution is 2.08. The van der Waals surface area contributed by atoms with Gasteiger partial charge in [-0.1, -0.05) is 24.0 Å². The molecule has 1 aromatic carbocycles. The Morgan fingerprint density at radius 3 is 2.81 bits per heavy atom. The molecule has 0 radical (unpaired) electrons. The monoisotopic (exact) mass is 285 g/mol. The fourth-order valence-corrected chi connectivity index (χ4v) is 2.54. The van der Waals surface area contributed by atoms with Crippen LogP contribution in [0.25, 0.3) is 0 Å². The minimum Gasteiger partial charge on any atom is -0.352 e. The van der Waals surface area contributed by atoms with Crippen LogP contribution in [0, 0.1) is 11.8 Å². The third-order valence-corrected chi connectivity index (χ3v) is 3.63. The highest BCUT2D eigenvalue weighted by atomic mass is 16.1. The van der Waals surface area contributed by atoms with Gasteiger partial charge in [-0.2, -0.15) is 0 Å². The van der Waals surface area contributed by atoms with Crippen LogP contribution in [0.15, 0.2) is 24.3 Å². The van der Waals surface area contributed by atoms with Crippen molar-refractivity contribution in [2.75, 3.05) is 32.7 Å². The van der Waals surface area contributed by atoms with E-state index in [1.165, 1.54) is 25.9 Å². The Bertz CT molecular complexity index is 524. The molecule has 0 aromatic heterocycles. The van der Waals surface area contributed by atoms with Gasteiger partial charge in [0.05, 0.1) is 12.1 Å². The van der Waals surface area contributed by atoms with E-state index in [0.29, 0.717) is 18.7 Å². The summed E-state index contributed by atoms with van der Waals surface area (Å²) in [6, 6.07) is 7.38. The molecule has 1 saturated heterocycles. The number of likely N-dealkylation sites (tertiary alicyclic amines) is 1. The Balaban J connectivity index is 1.82. The fraction of sp³-hybridized carbons (Fsp3) is 0.471. The molecule has 1 heterocycles. The average Bonchev–Trinajstić information content (AvgIpc) is 3.03. The van der Waals surface area contributed by atoms with Gasteiger partial charge in [0, 0.05) is 12.1 Å². The van der Waals surface area contributed by atoms with E-state index in [4.69, 9.17) is 5.73 Å². The van der Waals surface area contributed by atoms with Crippen LogP contribution in [0.2, 0.25) is 0 Å². The summed E-state index contributed by atoms with van der Waals surface area (Å²) < 4.78 is 0. The van der Waals surface area contributed by atoms with E-state index >= 15 is 0 Å². The maximum absolute atomic E-state index is 12.2. The maximum atomic E-state index is 12.2. The predicted molar refractivity (Wildman–Crippen MR) is 85.0 cm³/mol. The van der Waals surface area contributed by atoms with Crippen LogP contribution in [0.3, 0.4) is 0 Å². The van der Waals surface area contributed by atoms with Crippen molar-refractivity contribution < 1.29 is 4.79 Å². The lowest BCUT2D eigenvalue weighted by Gasteiger charge is -2.14. The molecule has 112 valence electrons. The highest BCUT2D eigenvalue weighted by Gasteiger charge is 2.11. The second-order valence-electron chi connectivity index (χ2n) is 5.21. The van der Waals surface area contributed by atoms with Gasteiger partial charge in [-0.15, -0.1) is 0 Å². The summed E-state index contributed by atoms with van der Waals surface area (Å²) in [5.41, 5.74) is 6.74. The Morgan fingerprint density at radius 2 is 2.05 bits per heavy atom. The lowest BCUT2D eigenvalue weighted by atomic mass is 10.1. The first-order chi connectivity index (χ1) is 10.3. The number of carbonyl (C=O) groups excluding carboxylic acids is 1. The van der Waals surface area contributed by atoms with Crippen molar-refractivity contribution >= 4 is 5.91 Å². The summed E-state index contributed by atoms with van der Waals surface area (Å²) in [7, 11) is 0. The Labute approximate surface area is 126 Å². The number of benzene rings is 1. The molecule has 1 aliphatic rings. The number of carbonyl (C=O) groups is 1. The molecule has 0 bridgehead atoms. The van der Waals surface area contributed by atoms with Gasteiger partial charge in [-0.05, 0) is 51.0 Å². The largest absolute Gasteiger partial charge is 0.352 e. The van der Waals surface area contributed by atoms with Gasteiger partial charge in [0.2, 0.25) is 0 Å². The molecule has 0 atom stereocenters. The van der Waals surface area contributed by atoms with Gasteiger partial charge >= 0.3 is 0 Å². The van der Waals surface area contributed by atoms with Gasteiger partial charge < -0.3 is 16.0 Å². The van der Waals surface area contributed by atoms with Gasteiger partial charge in [0.25, 0.3) is 5.91 Å². The lowest BCUT2D eigenvalue weighted by molar-refractivity contribution is 0.0952. The molecule has 4 nitrogen and oxygen atoms in total. The van der Waals surface area contributed by atoms with Gasteiger partial charge in [-0.3, -0.25) is 4.79 Å². The minimum atomic E-state index is -0.0571. The van der Waals surface area contributed by atoms with Crippen LogP contribution in [-0.4, -0.2) is 43.5 Å². The van der Waals surface area contributed by atoms with Crippen LogP contribution in [-0.2, 0) is 0 Å². The lowest BCUT2D eigenvalue weighted by Crippen LogP contribution is -2.29. The molecule has 1 aromatic rings. The second-order valence-corrected chi connectivity index (χ2v) is 5.21. The summed E-state index contributed by atoms with van der Waals surface area (Å²) in [5.74, 6) is 5.68. The van der Waals surface area contributed by atoms with Crippen LogP contribution >= 0.6 is 0 Å². The summed E-state index contributed by atoms with van der Waals surface area (Å²) in [6.45, 7) is 4.46. The van der Waals surface area contributed by atoms with Crippen molar-refractivity contribution in [2.45, 2.75) is 19.3 Å². The van der Waals surface area contributed by atoms with Crippen molar-refractivity contribution in [2.24, 2.45) is 5.73 Å². The molecule has 0 aliphatic carbocycles. The van der Waals surface area contributed by atoms with Crippen molar-refractivity contribution in [3.05, 3.63) is 35.4 Å². The van der Waals surface area contributed by atoms with E-state index in [9.17, 15) is 4.79 Å². The zero-order valence-corrected chi connectivity index (χ0v) is 12.4. The van der Waals surface area contributed by atoms with Gasteiger partial charge in [-0.25, -0.2) is 0 Å². The number of hydrogen-bond donors (Lipinski definition) is 2. The molecule has 3 N–H and O–H groups in total. The summed E-state index contributed by atoms with van der Waals surface area (Å²) in [5, 5.41) is 2.98. The van der Waals surface area contributed by atoms with E-state index in [1.807, 2.05) is 18.2 Å². The number of nitrogens with two attached hydrogens (primary N) is 1. The van der Waals surface area contributed by atoms with Crippen LogP contribution in [0.5, 0.6) is 0 Å². The fourth-order valence-electron chi connectivity index (χ4n) is 2.54. The number of hydrogen-bond acceptors (Lipinski definition) is 3. The van der Waals surface area contributed by atoms with Crippen molar-refractivity contribution in [1.82, 2.24) is 10.2 Å². The first-order valence-corrected chi connectivity index (χ1v) is 7.60. The Hall–Kier alpha value is -1.83. The van der Waals surface area contributed by atoms with Crippen molar-refractivity contribution in [3.8, 4) is 11.8 Å². The zero-order chi connectivity index (χ0) is 14.9. The minimum absolute atomic E-state index is 0.0571. The van der Waals surface area contributed by atoms with Gasteiger partial charge in [0.1, 0.15) is 0 Å². The second kappa shape index (κ2) is 8.46. The molecule has 1 amide bonds. The Morgan fingerprint density at radius 1 is 1.29 bits per heavy atom. The molecule has 0 spiro atoms. The van der Waals surface area contributed by atoms with Crippen molar-refractivity contribution in [3.63, 3.8) is 0 Å². The highest BCUT2D eigenvalue weighted by molar-refractivity contribution is 5.96. The maximum Gasteiger partial charge on any atom is 0.252 e. The first-order valence-electron chi connectivity index (χ1n) is 7.60. The van der Waals surface area contributed by atoms with Crippen LogP contribution in [0.4, 0.5) is 0 Å². The zero-order valence-electron chi connectivity index (χ0n) is 12.4. The van der Waals surface area contributed by atoms with Crippen LogP contribution in [0.1, 0.15) is 35.2 Å². The number of nitrogens with zero attached hydrogens (tertiary/aromatic N) is 1. The van der Waals surface area contributed by atoms with E-state index in [1.54, 1.807) is 6.07 Å². The normalized spacial score (nSPS) is 14.5. The van der Waals surface area contributed by atoms with Gasteiger partial charge in [0.15, 0.2) is 0 Å². The summed E-state index contributed by atoms with van der Waals surface area (Å²) >= 11 is 0. The van der Waals surface area contributed by atoms with E-state index in [2.05, 4.69) is 22.1 Å². The van der Waals surface area contributed by atoms with Crippen molar-refractivity contribution in [1.29, 1.82) is 0 Å². The number of rotatable bonds is 5. The number of amides is 1. The molecular weight excluding hydrogens is 262 g/mol. The first kappa shape index (κ1) is 15.6. The quantitative estimate of drug-likeness (QED) is 0.631. The van der Waals surface area contributed by atoms with Crippen LogP contribution < -0.4 is 11.1 Å². The van der Waals surface area contributed by atoms with E-state index in [-0.39, 0.29) is 5.91 Å². The van der Waals surface area contributed by atoms with E-state index < -0.39 is 0 Å². The standard InChI is InChI=1S/C17H23N3O/c18-10-5-8-15-7-1-2-9-16(15)17(21)19-11-6-14-20-12-3-4-13-20/h1-2,7,9H,3-4,6,10-14,18H2,(H,19,21). The molecule has 0 saturated carbocycles. The molecule has 1 aliphatic heterocycles. The average molecular weight is 285 g/mol. The third kappa shape index (κ3) is 4.89. The molecule has 2 rings (SSSR count). The summed E-state index contributed by atoms with van der Waals surface area (Å²) in [4.78, 5) is 14.7. The number of nitrogens with one attached hydrogen (secondary N) is 1. The molecular formula is C17H23N3O. The third-order valence-electron chi connectivity index (χ3n) is 3.63. The summed E-state index contributed by atoms with van der Waals surface area (Å²) in [6.07, 6.45) is 3.60. The van der Waals surface area contributed by atoms with E-state index in [0.717, 1.165) is 18.5 Å². The molecule has 21 heavy (non-hydrogen) atoms. The molecule has 4 heteroatoms. The molecule has 0 unspecified atom stereocenters. The predicted octanol–water partition coefficient (Wildman–Crippen LogP) is 1.21. The SMILES string of the molecule is NCC#Cc1ccccc1C(=O)NCCCN1CCCC1. The molecule has 1 fully saturated rings. The Kier molecular flexibility index (Phi) is 6.26. The topological polar surface area (TPSA) is 58.4 Å².